The maximum Gasteiger partial charge on any atom is 0.0462 e. The summed E-state index contributed by atoms with van der Waals surface area (Å²) in [6.45, 7) is 4.28. The van der Waals surface area contributed by atoms with Gasteiger partial charge in [-0.15, -0.1) is 0 Å². The zero-order valence-corrected chi connectivity index (χ0v) is 26.1. The summed E-state index contributed by atoms with van der Waals surface area (Å²) in [6, 6.07) is 51.8. The predicted octanol–water partition coefficient (Wildman–Crippen LogP) is 12.3. The van der Waals surface area contributed by atoms with Crippen LogP contribution in [0.2, 0.25) is 0 Å². The maximum absolute atomic E-state index is 2.36. The second-order valence-corrected chi connectivity index (χ2v) is 12.5. The van der Waals surface area contributed by atoms with Crippen molar-refractivity contribution in [2.24, 2.45) is 0 Å². The summed E-state index contributed by atoms with van der Waals surface area (Å²) >= 11 is 0. The highest BCUT2D eigenvalue weighted by molar-refractivity contribution is 6.21. The van der Waals surface area contributed by atoms with E-state index in [-0.39, 0.29) is 0 Å². The lowest BCUT2D eigenvalue weighted by Gasteiger charge is -2.26. The first kappa shape index (κ1) is 27.4. The Hall–Kier alpha value is -5.14. The van der Waals surface area contributed by atoms with Gasteiger partial charge in [0, 0.05) is 17.1 Å². The Morgan fingerprint density at radius 1 is 0.422 bits per heavy atom. The molecule has 7 aromatic rings. The van der Waals surface area contributed by atoms with Gasteiger partial charge in [0.2, 0.25) is 0 Å². The number of anilines is 3. The van der Waals surface area contributed by atoms with E-state index in [1.807, 2.05) is 0 Å². The molecule has 45 heavy (non-hydrogen) atoms. The number of aryl methyl sites for hydroxylation is 3. The van der Waals surface area contributed by atoms with Crippen LogP contribution >= 0.6 is 0 Å². The molecule has 1 heteroatoms. The molecular weight excluding hydrogens is 542 g/mol. The first-order valence-corrected chi connectivity index (χ1v) is 16.2. The summed E-state index contributed by atoms with van der Waals surface area (Å²) in [6.07, 6.45) is 4.91. The van der Waals surface area contributed by atoms with Gasteiger partial charge in [-0.1, -0.05) is 114 Å². The molecule has 1 aliphatic carbocycles. The van der Waals surface area contributed by atoms with Crippen LogP contribution in [0.1, 0.15) is 35.1 Å². The Morgan fingerprint density at radius 2 is 0.889 bits per heavy atom. The maximum atomic E-state index is 2.36. The van der Waals surface area contributed by atoms with Crippen LogP contribution in [0.25, 0.3) is 43.8 Å². The molecule has 0 saturated carbocycles. The molecule has 0 radical (unpaired) electrons. The highest BCUT2D eigenvalue weighted by Gasteiger charge is 2.21. The average molecular weight is 580 g/mol. The third-order valence-electron chi connectivity index (χ3n) is 9.60. The number of benzene rings is 7. The Bertz CT molecular complexity index is 2050. The fourth-order valence-corrected chi connectivity index (χ4v) is 7.36. The van der Waals surface area contributed by atoms with Gasteiger partial charge in [0.25, 0.3) is 0 Å². The Kier molecular flexibility index (Phi) is 6.95. The van der Waals surface area contributed by atoms with Gasteiger partial charge in [0.05, 0.1) is 0 Å². The highest BCUT2D eigenvalue weighted by atomic mass is 15.1. The van der Waals surface area contributed by atoms with E-state index >= 15 is 0 Å². The molecule has 1 nitrogen and oxygen atoms in total. The monoisotopic (exact) mass is 579 g/mol. The molecule has 0 fully saturated rings. The standard InChI is InChI=1S/C44H37N/c1-30-18-24-34(25-19-30)45(35-26-20-31(2)21-27-35)36-28-22-33(23-29-36)43-39-13-5-7-15-41(39)44(42-16-8-6-14-40(42)43)38-17-9-11-32-10-3-4-12-37(32)38/h5-9,11,13-29H,3-4,10,12H2,1-2H3. The minimum Gasteiger partial charge on any atom is -0.311 e. The average Bonchev–Trinajstić information content (AvgIpc) is 3.09. The molecule has 0 N–H and O–H groups in total. The molecule has 0 aliphatic heterocycles. The molecular formula is C44H37N. The first-order valence-electron chi connectivity index (χ1n) is 16.2. The van der Waals surface area contributed by atoms with E-state index in [2.05, 4.69) is 158 Å². The van der Waals surface area contributed by atoms with Gasteiger partial charge in [-0.05, 0) is 131 Å². The molecule has 0 heterocycles. The van der Waals surface area contributed by atoms with Crippen molar-refractivity contribution >= 4 is 38.6 Å². The van der Waals surface area contributed by atoms with E-state index < -0.39 is 0 Å². The molecule has 0 saturated heterocycles. The van der Waals surface area contributed by atoms with E-state index in [0.29, 0.717) is 0 Å². The second kappa shape index (κ2) is 11.4. The number of rotatable bonds is 5. The van der Waals surface area contributed by atoms with Crippen molar-refractivity contribution < 1.29 is 0 Å². The van der Waals surface area contributed by atoms with Gasteiger partial charge in [0.15, 0.2) is 0 Å². The zero-order valence-electron chi connectivity index (χ0n) is 26.1. The molecule has 1 aliphatic rings. The van der Waals surface area contributed by atoms with Crippen LogP contribution < -0.4 is 4.90 Å². The van der Waals surface area contributed by atoms with Crippen molar-refractivity contribution in [1.29, 1.82) is 0 Å². The number of fused-ring (bicyclic) bond motifs is 3. The lowest BCUT2D eigenvalue weighted by Crippen LogP contribution is -2.09. The molecule has 0 bridgehead atoms. The Balaban J connectivity index is 1.31. The van der Waals surface area contributed by atoms with Gasteiger partial charge in [-0.3, -0.25) is 0 Å². The number of hydrogen-bond donors (Lipinski definition) is 0. The van der Waals surface area contributed by atoms with Gasteiger partial charge in [-0.2, -0.15) is 0 Å². The molecule has 218 valence electrons. The highest BCUT2D eigenvalue weighted by Crippen LogP contribution is 2.46. The molecule has 0 spiro atoms. The normalized spacial score (nSPS) is 12.8. The smallest absolute Gasteiger partial charge is 0.0462 e. The second-order valence-electron chi connectivity index (χ2n) is 12.5. The van der Waals surface area contributed by atoms with Crippen molar-refractivity contribution in [2.75, 3.05) is 4.90 Å². The van der Waals surface area contributed by atoms with Crippen LogP contribution in [0.4, 0.5) is 17.1 Å². The molecule has 0 amide bonds. The van der Waals surface area contributed by atoms with Crippen molar-refractivity contribution in [2.45, 2.75) is 39.5 Å². The summed E-state index contributed by atoms with van der Waals surface area (Å²) in [5, 5.41) is 5.27. The Labute approximate surface area is 266 Å². The molecule has 0 atom stereocenters. The summed E-state index contributed by atoms with van der Waals surface area (Å²) < 4.78 is 0. The lowest BCUT2D eigenvalue weighted by molar-refractivity contribution is 0.687. The van der Waals surface area contributed by atoms with Crippen LogP contribution in [0.5, 0.6) is 0 Å². The van der Waals surface area contributed by atoms with Crippen molar-refractivity contribution in [3.05, 3.63) is 162 Å². The zero-order chi connectivity index (χ0) is 30.3. The number of hydrogen-bond acceptors (Lipinski definition) is 1. The lowest BCUT2D eigenvalue weighted by atomic mass is 9.81. The first-order chi connectivity index (χ1) is 22.2. The quantitative estimate of drug-likeness (QED) is 0.183. The fraction of sp³-hybridized carbons (Fsp3) is 0.136. The van der Waals surface area contributed by atoms with E-state index in [0.717, 1.165) is 23.5 Å². The van der Waals surface area contributed by atoms with E-state index in [4.69, 9.17) is 0 Å². The summed E-state index contributed by atoms with van der Waals surface area (Å²) in [5.41, 5.74) is 14.4. The largest absolute Gasteiger partial charge is 0.311 e. The third-order valence-corrected chi connectivity index (χ3v) is 9.60. The summed E-state index contributed by atoms with van der Waals surface area (Å²) in [5.74, 6) is 0. The van der Waals surface area contributed by atoms with Crippen LogP contribution in [-0.4, -0.2) is 0 Å². The minimum absolute atomic E-state index is 1.15. The molecule has 7 aromatic carbocycles. The molecule has 8 rings (SSSR count). The number of nitrogens with zero attached hydrogens (tertiary/aromatic N) is 1. The van der Waals surface area contributed by atoms with Gasteiger partial charge >= 0.3 is 0 Å². The summed E-state index contributed by atoms with van der Waals surface area (Å²) in [7, 11) is 0. The predicted molar refractivity (Wildman–Crippen MR) is 193 cm³/mol. The topological polar surface area (TPSA) is 3.24 Å². The summed E-state index contributed by atoms with van der Waals surface area (Å²) in [4.78, 5) is 2.35. The van der Waals surface area contributed by atoms with Crippen LogP contribution in [0.3, 0.4) is 0 Å². The van der Waals surface area contributed by atoms with E-state index in [1.165, 1.54) is 79.8 Å². The molecule has 0 unspecified atom stereocenters. The fourth-order valence-electron chi connectivity index (χ4n) is 7.36. The van der Waals surface area contributed by atoms with E-state index in [9.17, 15) is 0 Å². The van der Waals surface area contributed by atoms with Crippen LogP contribution in [0, 0.1) is 13.8 Å². The van der Waals surface area contributed by atoms with Gasteiger partial charge < -0.3 is 4.90 Å². The van der Waals surface area contributed by atoms with Crippen LogP contribution in [0.15, 0.2) is 140 Å². The van der Waals surface area contributed by atoms with Crippen LogP contribution in [-0.2, 0) is 12.8 Å². The SMILES string of the molecule is Cc1ccc(N(c2ccc(C)cc2)c2ccc(-c3c4ccccc4c(-c4cccc5c4CCCC5)c4ccccc34)cc2)cc1. The van der Waals surface area contributed by atoms with Gasteiger partial charge in [0.1, 0.15) is 0 Å². The van der Waals surface area contributed by atoms with Crippen molar-refractivity contribution in [3.8, 4) is 22.3 Å². The third kappa shape index (κ3) is 4.89. The Morgan fingerprint density at radius 3 is 1.42 bits per heavy atom. The molecule has 0 aromatic heterocycles. The van der Waals surface area contributed by atoms with Gasteiger partial charge in [-0.25, -0.2) is 0 Å². The van der Waals surface area contributed by atoms with Crippen molar-refractivity contribution in [1.82, 2.24) is 0 Å². The minimum atomic E-state index is 1.15. The van der Waals surface area contributed by atoms with Crippen molar-refractivity contribution in [3.63, 3.8) is 0 Å². The van der Waals surface area contributed by atoms with E-state index in [1.54, 1.807) is 5.56 Å².